The lowest BCUT2D eigenvalue weighted by atomic mass is 10.2. The Morgan fingerprint density at radius 3 is 2.32 bits per heavy atom. The Hall–Kier alpha value is -2.05. The molecule has 0 unspecified atom stereocenters. The van der Waals surface area contributed by atoms with Gasteiger partial charge < -0.3 is 9.47 Å². The number of benzene rings is 2. The van der Waals surface area contributed by atoms with E-state index in [1.54, 1.807) is 43.5 Å². The molecule has 0 spiro atoms. The standard InChI is InChI=1S/C16H18O5S/c1-13-6-8-16(9-7-13)22(17,18)21-11-10-20-15-5-3-4-14(12-15)19-2/h3-9,12H,10-11H2,1-2H3. The van der Waals surface area contributed by atoms with Crippen LogP contribution in [0.5, 0.6) is 11.5 Å². The number of hydrogen-bond donors (Lipinski definition) is 0. The summed E-state index contributed by atoms with van der Waals surface area (Å²) in [5.74, 6) is 1.27. The largest absolute Gasteiger partial charge is 0.497 e. The Bertz CT molecular complexity index is 708. The van der Waals surface area contributed by atoms with E-state index in [0.717, 1.165) is 5.56 Å². The van der Waals surface area contributed by atoms with Crippen LogP contribution in [0.4, 0.5) is 0 Å². The van der Waals surface area contributed by atoms with Crippen LogP contribution in [0, 0.1) is 6.92 Å². The van der Waals surface area contributed by atoms with E-state index in [2.05, 4.69) is 0 Å². The maximum absolute atomic E-state index is 12.0. The maximum Gasteiger partial charge on any atom is 0.297 e. The predicted molar refractivity (Wildman–Crippen MR) is 82.8 cm³/mol. The lowest BCUT2D eigenvalue weighted by Crippen LogP contribution is -2.13. The first kappa shape index (κ1) is 16.3. The first-order valence-corrected chi connectivity index (χ1v) is 8.15. The van der Waals surface area contributed by atoms with E-state index < -0.39 is 10.1 Å². The van der Waals surface area contributed by atoms with Crippen molar-refractivity contribution in [3.63, 3.8) is 0 Å². The lowest BCUT2D eigenvalue weighted by Gasteiger charge is -2.09. The highest BCUT2D eigenvalue weighted by molar-refractivity contribution is 7.86. The second kappa shape index (κ2) is 7.29. The van der Waals surface area contributed by atoms with Crippen molar-refractivity contribution < 1.29 is 22.1 Å². The minimum atomic E-state index is -3.75. The molecule has 2 aromatic rings. The molecule has 0 fully saturated rings. The predicted octanol–water partition coefficient (Wildman–Crippen LogP) is 2.79. The SMILES string of the molecule is COc1cccc(OCCOS(=O)(=O)c2ccc(C)cc2)c1. The third kappa shape index (κ3) is 4.47. The molecular weight excluding hydrogens is 304 g/mol. The van der Waals surface area contributed by atoms with E-state index in [1.165, 1.54) is 12.1 Å². The summed E-state index contributed by atoms with van der Waals surface area (Å²) in [6.07, 6.45) is 0. The van der Waals surface area contributed by atoms with Crippen molar-refractivity contribution in [2.24, 2.45) is 0 Å². The van der Waals surface area contributed by atoms with Crippen LogP contribution in [0.25, 0.3) is 0 Å². The average molecular weight is 322 g/mol. The second-order valence-corrected chi connectivity index (χ2v) is 6.23. The van der Waals surface area contributed by atoms with Crippen LogP contribution >= 0.6 is 0 Å². The van der Waals surface area contributed by atoms with Gasteiger partial charge in [-0.25, -0.2) is 0 Å². The van der Waals surface area contributed by atoms with Crippen molar-refractivity contribution in [2.45, 2.75) is 11.8 Å². The van der Waals surface area contributed by atoms with Crippen molar-refractivity contribution in [3.05, 3.63) is 54.1 Å². The Balaban J connectivity index is 1.86. The molecule has 118 valence electrons. The summed E-state index contributed by atoms with van der Waals surface area (Å²) >= 11 is 0. The number of rotatable bonds is 7. The van der Waals surface area contributed by atoms with E-state index in [9.17, 15) is 8.42 Å². The van der Waals surface area contributed by atoms with Crippen LogP contribution in [0.1, 0.15) is 5.56 Å². The van der Waals surface area contributed by atoms with Gasteiger partial charge in [-0.2, -0.15) is 8.42 Å². The lowest BCUT2D eigenvalue weighted by molar-refractivity contribution is 0.220. The summed E-state index contributed by atoms with van der Waals surface area (Å²) < 4.78 is 39.4. The highest BCUT2D eigenvalue weighted by Crippen LogP contribution is 2.19. The molecule has 2 rings (SSSR count). The summed E-state index contributed by atoms with van der Waals surface area (Å²) in [7, 11) is -2.18. The number of hydrogen-bond acceptors (Lipinski definition) is 5. The van der Waals surface area contributed by atoms with E-state index in [-0.39, 0.29) is 18.1 Å². The summed E-state index contributed by atoms with van der Waals surface area (Å²) in [5.41, 5.74) is 0.986. The zero-order valence-corrected chi connectivity index (χ0v) is 13.3. The zero-order chi connectivity index (χ0) is 16.0. The number of aryl methyl sites for hydroxylation is 1. The molecule has 0 heterocycles. The molecular formula is C16H18O5S. The molecule has 22 heavy (non-hydrogen) atoms. The molecule has 0 aliphatic rings. The minimum absolute atomic E-state index is 0.0621. The molecule has 0 aromatic heterocycles. The Labute approximate surface area is 130 Å². The molecule has 0 saturated heterocycles. The van der Waals surface area contributed by atoms with Gasteiger partial charge in [-0.1, -0.05) is 23.8 Å². The van der Waals surface area contributed by atoms with Gasteiger partial charge in [-0.3, -0.25) is 4.18 Å². The van der Waals surface area contributed by atoms with Gasteiger partial charge in [0, 0.05) is 6.07 Å². The van der Waals surface area contributed by atoms with Gasteiger partial charge >= 0.3 is 0 Å². The molecule has 0 bridgehead atoms. The smallest absolute Gasteiger partial charge is 0.297 e. The van der Waals surface area contributed by atoms with Crippen LogP contribution in [-0.4, -0.2) is 28.7 Å². The highest BCUT2D eigenvalue weighted by Gasteiger charge is 2.14. The fraction of sp³-hybridized carbons (Fsp3) is 0.250. The third-order valence-corrected chi connectivity index (χ3v) is 4.27. The second-order valence-electron chi connectivity index (χ2n) is 4.62. The van der Waals surface area contributed by atoms with Gasteiger partial charge in [0.1, 0.15) is 24.7 Å². The molecule has 0 aliphatic heterocycles. The molecule has 0 N–H and O–H groups in total. The van der Waals surface area contributed by atoms with E-state index >= 15 is 0 Å². The zero-order valence-electron chi connectivity index (χ0n) is 12.5. The van der Waals surface area contributed by atoms with Crippen molar-refractivity contribution in [2.75, 3.05) is 20.3 Å². The summed E-state index contributed by atoms with van der Waals surface area (Å²) in [6.45, 7) is 1.95. The van der Waals surface area contributed by atoms with Crippen molar-refractivity contribution >= 4 is 10.1 Å². The third-order valence-electron chi connectivity index (χ3n) is 2.94. The Morgan fingerprint density at radius 1 is 0.955 bits per heavy atom. The molecule has 0 saturated carbocycles. The van der Waals surface area contributed by atoms with Gasteiger partial charge in [0.05, 0.1) is 12.0 Å². The molecule has 0 aliphatic carbocycles. The molecule has 2 aromatic carbocycles. The van der Waals surface area contributed by atoms with Crippen LogP contribution in [-0.2, 0) is 14.3 Å². The summed E-state index contributed by atoms with van der Waals surface area (Å²) in [4.78, 5) is 0.138. The molecule has 5 nitrogen and oxygen atoms in total. The molecule has 0 atom stereocenters. The van der Waals surface area contributed by atoms with Crippen LogP contribution in [0.2, 0.25) is 0 Å². The first-order valence-electron chi connectivity index (χ1n) is 6.74. The van der Waals surface area contributed by atoms with Crippen LogP contribution < -0.4 is 9.47 Å². The molecule has 0 amide bonds. The fourth-order valence-electron chi connectivity index (χ4n) is 1.77. The number of ether oxygens (including phenoxy) is 2. The minimum Gasteiger partial charge on any atom is -0.497 e. The topological polar surface area (TPSA) is 61.8 Å². The van der Waals surface area contributed by atoms with Crippen molar-refractivity contribution in [3.8, 4) is 11.5 Å². The fourth-order valence-corrected chi connectivity index (χ4v) is 2.66. The van der Waals surface area contributed by atoms with Crippen LogP contribution in [0.3, 0.4) is 0 Å². The summed E-state index contributed by atoms with van der Waals surface area (Å²) in [6, 6.07) is 13.6. The van der Waals surface area contributed by atoms with Gasteiger partial charge in [0.2, 0.25) is 0 Å². The quantitative estimate of drug-likeness (QED) is 0.579. The van der Waals surface area contributed by atoms with E-state index in [0.29, 0.717) is 11.5 Å². The first-order chi connectivity index (χ1) is 10.5. The molecule has 6 heteroatoms. The normalized spacial score (nSPS) is 11.2. The van der Waals surface area contributed by atoms with Gasteiger partial charge in [-0.15, -0.1) is 0 Å². The monoisotopic (exact) mass is 322 g/mol. The van der Waals surface area contributed by atoms with Gasteiger partial charge in [-0.05, 0) is 31.2 Å². The molecule has 0 radical (unpaired) electrons. The van der Waals surface area contributed by atoms with E-state index in [1.807, 2.05) is 6.92 Å². The van der Waals surface area contributed by atoms with Gasteiger partial charge in [0.15, 0.2) is 0 Å². The van der Waals surface area contributed by atoms with E-state index in [4.69, 9.17) is 13.7 Å². The Kier molecular flexibility index (Phi) is 5.41. The number of methoxy groups -OCH3 is 1. The maximum atomic E-state index is 12.0. The average Bonchev–Trinajstić information content (AvgIpc) is 2.52. The van der Waals surface area contributed by atoms with Crippen LogP contribution in [0.15, 0.2) is 53.4 Å². The van der Waals surface area contributed by atoms with Gasteiger partial charge in [0.25, 0.3) is 10.1 Å². The van der Waals surface area contributed by atoms with Crippen molar-refractivity contribution in [1.29, 1.82) is 0 Å². The van der Waals surface area contributed by atoms with Crippen molar-refractivity contribution in [1.82, 2.24) is 0 Å². The summed E-state index contributed by atoms with van der Waals surface area (Å²) in [5, 5.41) is 0. The highest BCUT2D eigenvalue weighted by atomic mass is 32.2. The Morgan fingerprint density at radius 2 is 1.64 bits per heavy atom.